The van der Waals surface area contributed by atoms with Gasteiger partial charge < -0.3 is 19.6 Å². The molecule has 0 aromatic carbocycles. The van der Waals surface area contributed by atoms with Crippen molar-refractivity contribution in [2.24, 2.45) is 0 Å². The summed E-state index contributed by atoms with van der Waals surface area (Å²) in [6.45, 7) is 0. The van der Waals surface area contributed by atoms with E-state index < -0.39 is 9.17 Å². The first-order valence-corrected chi connectivity index (χ1v) is 1.95. The second-order valence-corrected chi connectivity index (χ2v) is 0.848. The largest absolute Gasteiger partial charge is 2.00 e. The molecule has 3 nitrogen and oxygen atoms in total. The van der Waals surface area contributed by atoms with Gasteiger partial charge in [0.15, 0.2) is 0 Å². The third kappa shape index (κ3) is 82.3. The van der Waals surface area contributed by atoms with E-state index in [0.29, 0.717) is 0 Å². The van der Waals surface area contributed by atoms with Gasteiger partial charge in [-0.1, -0.05) is 0 Å². The summed E-state index contributed by atoms with van der Waals surface area (Å²) in [5.41, 5.74) is 0. The average molecular weight is 659 g/mol. The fourth-order valence-corrected chi connectivity index (χ4v) is 0. The van der Waals surface area contributed by atoms with Crippen LogP contribution in [-0.4, -0.2) is 125 Å². The second-order valence-electron chi connectivity index (χ2n) is 0.283. The van der Waals surface area contributed by atoms with Gasteiger partial charge in [0.25, 0.3) is 0 Å². The Morgan fingerprint density at radius 1 is 1.25 bits per heavy atom. The van der Waals surface area contributed by atoms with E-state index in [-0.39, 0.29) is 260 Å². The molecule has 0 rings (SSSR count). The van der Waals surface area contributed by atoms with Gasteiger partial charge in [0.05, 0.1) is 0 Å². The minimum atomic E-state index is -3.13. The predicted octanol–water partition coefficient (Wildman–Crippen LogP) is -4.97. The molecule has 0 aliphatic rings. The maximum atomic E-state index is 8.74. The Kier molecular flexibility index (Phi) is 255. The molecule has 54 valence electrons. The molecule has 0 aliphatic carbocycles. The van der Waals surface area contributed by atoms with E-state index in [1.54, 1.807) is 0 Å². The van der Waals surface area contributed by atoms with Crippen LogP contribution in [0.5, 0.6) is 0 Å². The van der Waals surface area contributed by atoms with Crippen LogP contribution in [0, 0.1) is 77.3 Å². The Hall–Kier alpha value is 7.84. The Morgan fingerprint density at radius 3 is 1.25 bits per heavy atom. The van der Waals surface area contributed by atoms with E-state index in [0.717, 1.165) is 0 Å². The standard InChI is InChI=1S/Ca.Ce.La.Mg.Mn.Na.H2O3Si.Sr.Zn.7H/c;;;;;;1-4(2)3;;;;;;;;;/h;;;;;;1-2H;;;;;;;;;/q+2;;;+2;;+1;;+2;;7*-1. The van der Waals surface area contributed by atoms with Gasteiger partial charge in [-0.05, 0) is 0 Å². The molecular weight excluding hydrogens is 650 g/mol. The van der Waals surface area contributed by atoms with E-state index in [9.17, 15) is 0 Å². The molecule has 0 saturated heterocycles. The second kappa shape index (κ2) is 51.0. The number of rotatable bonds is 0. The van der Waals surface area contributed by atoms with E-state index in [4.69, 9.17) is 14.1 Å². The third-order valence-corrected chi connectivity index (χ3v) is 0. The molecule has 0 unspecified atom stereocenters. The smallest absolute Gasteiger partial charge is 1.00 e. The molecule has 12 heteroatoms. The first kappa shape index (κ1) is 59.9. The normalized spacial score (nSPS) is 2.00. The SMILES string of the molecule is O=[Si](O)O.[Ca+2].[Ce].[H-].[H-].[H-].[H-].[H-].[H-].[H-].[La].[Mg+2].[Mn].[Na+].[Sr+2].[Zn]. The average Bonchev–Trinajstić information content (AvgIpc) is 0.811. The van der Waals surface area contributed by atoms with Crippen molar-refractivity contribution in [3.05, 3.63) is 0 Å². The number of hydrogen-bond acceptors (Lipinski definition) is 1. The Balaban J connectivity index is -0.000000000429. The third-order valence-electron chi connectivity index (χ3n) is 0. The van der Waals surface area contributed by atoms with Gasteiger partial charge in [-0.25, -0.2) is 0 Å². The van der Waals surface area contributed by atoms with Crippen LogP contribution < -0.4 is 29.6 Å². The van der Waals surface area contributed by atoms with Gasteiger partial charge in [0.1, 0.15) is 0 Å². The van der Waals surface area contributed by atoms with Gasteiger partial charge in [-0.15, -0.1) is 0 Å². The summed E-state index contributed by atoms with van der Waals surface area (Å²) >= 11 is 0. The zero-order valence-electron chi connectivity index (χ0n) is 14.1. The summed E-state index contributed by atoms with van der Waals surface area (Å²) in [6, 6.07) is 0. The quantitative estimate of drug-likeness (QED) is 0.257. The molecule has 0 spiro atoms. The van der Waals surface area contributed by atoms with E-state index in [2.05, 4.69) is 0 Å². The number of hydrogen-bond donors (Lipinski definition) is 2. The van der Waals surface area contributed by atoms with Crippen LogP contribution in [-0.2, 0) is 41.0 Å². The molecule has 0 aliphatic heterocycles. The van der Waals surface area contributed by atoms with Crippen LogP contribution in [0.1, 0.15) is 9.99 Å². The molecule has 0 aromatic rings. The van der Waals surface area contributed by atoms with Gasteiger partial charge in [0, 0.05) is 114 Å². The first-order valence-electron chi connectivity index (χ1n) is 0.651. The summed E-state index contributed by atoms with van der Waals surface area (Å²) in [6.07, 6.45) is 0. The molecule has 0 fully saturated rings. The van der Waals surface area contributed by atoms with Crippen LogP contribution in [0.25, 0.3) is 0 Å². The molecule has 12 heavy (non-hydrogen) atoms. The summed E-state index contributed by atoms with van der Waals surface area (Å²) < 4.78 is 8.74. The molecule has 0 heterocycles. The summed E-state index contributed by atoms with van der Waals surface area (Å²) in [5.74, 6) is 0. The van der Waals surface area contributed by atoms with Crippen molar-refractivity contribution in [3.63, 3.8) is 0 Å². The molecule has 2 N–H and O–H groups in total. The van der Waals surface area contributed by atoms with Crippen LogP contribution in [0.4, 0.5) is 0 Å². The molecule has 0 bridgehead atoms. The van der Waals surface area contributed by atoms with Crippen molar-refractivity contribution in [1.82, 2.24) is 0 Å². The summed E-state index contributed by atoms with van der Waals surface area (Å²) in [5, 5.41) is 0. The van der Waals surface area contributed by atoms with Gasteiger partial charge in [0.2, 0.25) is 0 Å². The molecule has 0 amide bonds. The molecular formula is H9CaCeLaMgMnNaO3SiSrZn. The predicted molar refractivity (Wildman–Crippen MR) is 35.9 cm³/mol. The maximum Gasteiger partial charge on any atom is 2.00 e. The van der Waals surface area contributed by atoms with Gasteiger partial charge in [-0.3, -0.25) is 4.46 Å². The van der Waals surface area contributed by atoms with Crippen LogP contribution in [0.15, 0.2) is 0 Å². The molecule has 0 saturated carbocycles. The summed E-state index contributed by atoms with van der Waals surface area (Å²) in [7, 11) is -3.13. The van der Waals surface area contributed by atoms with E-state index in [1.807, 2.05) is 0 Å². The van der Waals surface area contributed by atoms with E-state index >= 15 is 0 Å². The zero-order chi connectivity index (χ0) is 3.58. The van der Waals surface area contributed by atoms with Gasteiger partial charge >= 0.3 is 145 Å². The van der Waals surface area contributed by atoms with Crippen molar-refractivity contribution in [2.45, 2.75) is 0 Å². The topological polar surface area (TPSA) is 57.5 Å². The Morgan fingerprint density at radius 2 is 1.25 bits per heavy atom. The van der Waals surface area contributed by atoms with Crippen molar-refractivity contribution in [3.8, 4) is 0 Å². The minimum absolute atomic E-state index is 0. The van der Waals surface area contributed by atoms with Crippen LogP contribution >= 0.6 is 0 Å². The fraction of sp³-hybridized carbons (Fsp3) is 0. The van der Waals surface area contributed by atoms with Crippen LogP contribution in [0.3, 0.4) is 0 Å². The van der Waals surface area contributed by atoms with Crippen molar-refractivity contribution < 1.29 is 167 Å². The monoisotopic (exact) mass is 658 g/mol. The molecule has 2 radical (unpaired) electrons. The van der Waals surface area contributed by atoms with Crippen molar-refractivity contribution >= 4 is 115 Å². The van der Waals surface area contributed by atoms with E-state index in [1.165, 1.54) is 0 Å². The van der Waals surface area contributed by atoms with Crippen molar-refractivity contribution in [1.29, 1.82) is 0 Å². The first-order chi connectivity index (χ1) is 1.73. The fourth-order valence-electron chi connectivity index (χ4n) is 0. The van der Waals surface area contributed by atoms with Crippen LogP contribution in [0.2, 0.25) is 0 Å². The molecule has 0 atom stereocenters. The van der Waals surface area contributed by atoms with Crippen molar-refractivity contribution in [2.75, 3.05) is 0 Å². The summed E-state index contributed by atoms with van der Waals surface area (Å²) in [4.78, 5) is 14.3. The Bertz CT molecular complexity index is 79.3. The maximum absolute atomic E-state index is 8.74. The Labute approximate surface area is 274 Å². The molecule has 0 aromatic heterocycles. The zero-order valence-corrected chi connectivity index (χ0v) is 28.1. The van der Waals surface area contributed by atoms with Gasteiger partial charge in [-0.2, -0.15) is 0 Å². The minimum Gasteiger partial charge on any atom is -1.00 e.